The maximum atomic E-state index is 12.6. The zero-order valence-corrected chi connectivity index (χ0v) is 21.2. The second-order valence-electron chi connectivity index (χ2n) is 8.49. The van der Waals surface area contributed by atoms with Gasteiger partial charge in [0.25, 0.3) is 0 Å². The minimum absolute atomic E-state index is 0.126. The van der Waals surface area contributed by atoms with E-state index in [2.05, 4.69) is 19.7 Å². The van der Waals surface area contributed by atoms with E-state index in [0.717, 1.165) is 11.1 Å². The van der Waals surface area contributed by atoms with Crippen LogP contribution in [0, 0.1) is 5.92 Å². The smallest absolute Gasteiger partial charge is 0.338 e. The van der Waals surface area contributed by atoms with Crippen LogP contribution in [0.25, 0.3) is 11.1 Å². The lowest BCUT2D eigenvalue weighted by atomic mass is 10.0. The number of benzene rings is 2. The normalized spacial score (nSPS) is 10.3. The molecule has 0 heterocycles. The first kappa shape index (κ1) is 28.8. The highest BCUT2D eigenvalue weighted by Gasteiger charge is 2.19. The fourth-order valence-electron chi connectivity index (χ4n) is 2.76. The van der Waals surface area contributed by atoms with Crippen LogP contribution in [0.4, 0.5) is 0 Å². The van der Waals surface area contributed by atoms with E-state index < -0.39 is 29.8 Å². The summed E-state index contributed by atoms with van der Waals surface area (Å²) in [5.74, 6) is -2.46. The highest BCUT2D eigenvalue weighted by atomic mass is 16.6. The quantitative estimate of drug-likeness (QED) is 0.174. The molecule has 0 radical (unpaired) electrons. The molecule has 0 saturated carbocycles. The van der Waals surface area contributed by atoms with Gasteiger partial charge >= 0.3 is 23.9 Å². The largest absolute Gasteiger partial charge is 0.462 e. The predicted molar refractivity (Wildman–Crippen MR) is 138 cm³/mol. The Hall–Kier alpha value is -4.46. The fraction of sp³-hybridized carbons (Fsp3) is 0.241. The number of rotatable bonds is 12. The molecule has 0 N–H and O–H groups in total. The standard InChI is InChI=1S/C29H30O8/c1-18(2)26(30)34-15-21(16-35-27(31)19(3)4)17-36-29(33)24-9-7-22(8-10-24)23-11-13-25(14-12-23)37-28(32)20(5)6/h7-14,21H,1,3,5,15-17H2,2,4,6H3. The summed E-state index contributed by atoms with van der Waals surface area (Å²) in [6, 6.07) is 13.7. The van der Waals surface area contributed by atoms with Gasteiger partial charge in [0.05, 0.1) is 11.5 Å². The number of carbonyl (C=O) groups excluding carboxylic acids is 4. The van der Waals surface area contributed by atoms with Gasteiger partial charge in [0, 0.05) is 16.7 Å². The Bertz CT molecular complexity index is 1160. The Labute approximate surface area is 216 Å². The lowest BCUT2D eigenvalue weighted by Crippen LogP contribution is -2.26. The van der Waals surface area contributed by atoms with Gasteiger partial charge in [-0.15, -0.1) is 0 Å². The molecule has 2 aromatic rings. The predicted octanol–water partition coefficient (Wildman–Crippen LogP) is 4.85. The van der Waals surface area contributed by atoms with E-state index in [1.165, 1.54) is 13.8 Å². The van der Waals surface area contributed by atoms with Crippen molar-refractivity contribution in [3.63, 3.8) is 0 Å². The second-order valence-corrected chi connectivity index (χ2v) is 8.49. The maximum absolute atomic E-state index is 12.6. The van der Waals surface area contributed by atoms with Gasteiger partial charge in [-0.25, -0.2) is 19.2 Å². The van der Waals surface area contributed by atoms with Gasteiger partial charge in [-0.2, -0.15) is 0 Å². The van der Waals surface area contributed by atoms with Gasteiger partial charge in [0.15, 0.2) is 0 Å². The van der Waals surface area contributed by atoms with E-state index in [1.54, 1.807) is 55.5 Å². The molecular formula is C29H30O8. The topological polar surface area (TPSA) is 105 Å². The third kappa shape index (κ3) is 9.25. The average Bonchev–Trinajstić information content (AvgIpc) is 2.87. The van der Waals surface area contributed by atoms with Crippen molar-refractivity contribution in [1.29, 1.82) is 0 Å². The molecule has 0 saturated heterocycles. The van der Waals surface area contributed by atoms with Crippen LogP contribution in [0.15, 0.2) is 85.0 Å². The summed E-state index contributed by atoms with van der Waals surface area (Å²) in [5, 5.41) is 0. The molecule has 0 aliphatic carbocycles. The molecule has 0 aromatic heterocycles. The molecule has 194 valence electrons. The van der Waals surface area contributed by atoms with Gasteiger partial charge in [-0.1, -0.05) is 44.0 Å². The first-order valence-corrected chi connectivity index (χ1v) is 11.4. The van der Waals surface area contributed by atoms with E-state index in [9.17, 15) is 19.2 Å². The number of ether oxygens (including phenoxy) is 4. The van der Waals surface area contributed by atoms with Crippen molar-refractivity contribution in [2.75, 3.05) is 19.8 Å². The lowest BCUT2D eigenvalue weighted by molar-refractivity contribution is -0.145. The molecule has 0 atom stereocenters. The van der Waals surface area contributed by atoms with Crippen LogP contribution in [0.2, 0.25) is 0 Å². The average molecular weight is 507 g/mol. The van der Waals surface area contributed by atoms with E-state index >= 15 is 0 Å². The van der Waals surface area contributed by atoms with Crippen LogP contribution >= 0.6 is 0 Å². The Morgan fingerprint density at radius 2 is 1.03 bits per heavy atom. The molecule has 8 heteroatoms. The first-order chi connectivity index (χ1) is 17.5. The third-order valence-electron chi connectivity index (χ3n) is 4.91. The number of carbonyl (C=O) groups is 4. The van der Waals surface area contributed by atoms with Crippen LogP contribution in [-0.2, 0) is 28.6 Å². The number of hydrogen-bond acceptors (Lipinski definition) is 8. The molecule has 0 aliphatic rings. The monoisotopic (exact) mass is 506 g/mol. The summed E-state index contributed by atoms with van der Waals surface area (Å²) in [4.78, 5) is 47.6. The summed E-state index contributed by atoms with van der Waals surface area (Å²) in [6.07, 6.45) is 0. The molecule has 0 aliphatic heterocycles. The Kier molecular flexibility index (Phi) is 10.6. The fourth-order valence-corrected chi connectivity index (χ4v) is 2.76. The van der Waals surface area contributed by atoms with Crippen molar-refractivity contribution in [3.8, 4) is 16.9 Å². The van der Waals surface area contributed by atoms with Crippen molar-refractivity contribution in [2.45, 2.75) is 20.8 Å². The molecule has 37 heavy (non-hydrogen) atoms. The van der Waals surface area contributed by atoms with Gasteiger partial charge in [0.2, 0.25) is 0 Å². The Morgan fingerprint density at radius 1 is 0.622 bits per heavy atom. The summed E-state index contributed by atoms with van der Waals surface area (Å²) in [5.41, 5.74) is 2.75. The third-order valence-corrected chi connectivity index (χ3v) is 4.91. The van der Waals surface area contributed by atoms with Gasteiger partial charge < -0.3 is 18.9 Å². The van der Waals surface area contributed by atoms with E-state index in [-0.39, 0.29) is 31.0 Å². The molecule has 0 fully saturated rings. The minimum Gasteiger partial charge on any atom is -0.462 e. The van der Waals surface area contributed by atoms with Crippen molar-refractivity contribution < 1.29 is 38.1 Å². The summed E-state index contributed by atoms with van der Waals surface area (Å²) in [6.45, 7) is 14.8. The minimum atomic E-state index is -0.597. The molecule has 0 spiro atoms. The maximum Gasteiger partial charge on any atom is 0.338 e. The van der Waals surface area contributed by atoms with Gasteiger partial charge in [-0.3, -0.25) is 0 Å². The zero-order valence-electron chi connectivity index (χ0n) is 21.2. The van der Waals surface area contributed by atoms with Crippen LogP contribution in [0.5, 0.6) is 5.75 Å². The van der Waals surface area contributed by atoms with Crippen molar-refractivity contribution in [1.82, 2.24) is 0 Å². The van der Waals surface area contributed by atoms with Crippen LogP contribution in [-0.4, -0.2) is 43.7 Å². The summed E-state index contributed by atoms with van der Waals surface area (Å²) in [7, 11) is 0. The van der Waals surface area contributed by atoms with Crippen LogP contribution < -0.4 is 4.74 Å². The van der Waals surface area contributed by atoms with Crippen molar-refractivity contribution >= 4 is 23.9 Å². The lowest BCUT2D eigenvalue weighted by Gasteiger charge is -2.17. The number of hydrogen-bond donors (Lipinski definition) is 0. The molecule has 0 bridgehead atoms. The van der Waals surface area contributed by atoms with E-state index in [0.29, 0.717) is 16.9 Å². The Balaban J connectivity index is 1.99. The number of esters is 4. The highest BCUT2D eigenvalue weighted by molar-refractivity contribution is 5.90. The first-order valence-electron chi connectivity index (χ1n) is 11.4. The van der Waals surface area contributed by atoms with E-state index in [4.69, 9.17) is 18.9 Å². The molecule has 2 aromatic carbocycles. The molecule has 0 amide bonds. The molecule has 8 nitrogen and oxygen atoms in total. The van der Waals surface area contributed by atoms with E-state index in [1.807, 2.05) is 0 Å². The zero-order chi connectivity index (χ0) is 27.5. The second kappa shape index (κ2) is 13.6. The highest BCUT2D eigenvalue weighted by Crippen LogP contribution is 2.23. The SMILES string of the molecule is C=C(C)C(=O)OCC(COC(=O)C(=C)C)COC(=O)c1ccc(-c2ccc(OC(=O)C(=C)C)cc2)cc1. The van der Waals surface area contributed by atoms with Crippen molar-refractivity contribution in [3.05, 3.63) is 90.6 Å². The Morgan fingerprint density at radius 3 is 1.46 bits per heavy atom. The molecule has 2 rings (SSSR count). The van der Waals surface area contributed by atoms with Crippen molar-refractivity contribution in [2.24, 2.45) is 5.92 Å². The summed E-state index contributed by atoms with van der Waals surface area (Å²) < 4.78 is 20.8. The summed E-state index contributed by atoms with van der Waals surface area (Å²) >= 11 is 0. The van der Waals surface area contributed by atoms with Gasteiger partial charge in [0.1, 0.15) is 25.6 Å². The van der Waals surface area contributed by atoms with Gasteiger partial charge in [-0.05, 0) is 56.2 Å². The van der Waals surface area contributed by atoms with Crippen LogP contribution in [0.1, 0.15) is 31.1 Å². The molecule has 0 unspecified atom stereocenters. The molecular weight excluding hydrogens is 476 g/mol. The van der Waals surface area contributed by atoms with Crippen LogP contribution in [0.3, 0.4) is 0 Å².